The molecule has 0 heterocycles. The lowest BCUT2D eigenvalue weighted by Crippen LogP contribution is -1.81. The van der Waals surface area contributed by atoms with Crippen LogP contribution in [0.4, 0.5) is 0 Å². The SMILES string of the molecule is C=C(C=CC)C(=C)C=CC(=C)C(=C)C=CC. The van der Waals surface area contributed by atoms with Crippen LogP contribution in [0.2, 0.25) is 0 Å². The Morgan fingerprint density at radius 1 is 0.562 bits per heavy atom. The van der Waals surface area contributed by atoms with Crippen LogP contribution in [0.25, 0.3) is 0 Å². The van der Waals surface area contributed by atoms with Gasteiger partial charge in [-0.1, -0.05) is 62.8 Å². The van der Waals surface area contributed by atoms with Gasteiger partial charge in [0.25, 0.3) is 0 Å². The lowest BCUT2D eigenvalue weighted by Gasteiger charge is -2.01. The molecule has 16 heavy (non-hydrogen) atoms. The minimum atomic E-state index is 0.882. The molecule has 0 heteroatoms. The summed E-state index contributed by atoms with van der Waals surface area (Å²) >= 11 is 0. The van der Waals surface area contributed by atoms with Gasteiger partial charge < -0.3 is 0 Å². The third-order valence-corrected chi connectivity index (χ3v) is 2.05. The van der Waals surface area contributed by atoms with Crippen molar-refractivity contribution in [2.45, 2.75) is 13.8 Å². The van der Waals surface area contributed by atoms with Gasteiger partial charge in [0.05, 0.1) is 0 Å². The molecule has 0 rings (SSSR count). The third-order valence-electron chi connectivity index (χ3n) is 2.05. The Hall–Kier alpha value is -1.82. The van der Waals surface area contributed by atoms with Crippen LogP contribution in [-0.2, 0) is 0 Å². The highest BCUT2D eigenvalue weighted by Crippen LogP contribution is 2.13. The fourth-order valence-corrected chi connectivity index (χ4v) is 1.03. The van der Waals surface area contributed by atoms with Crippen molar-refractivity contribution in [3.63, 3.8) is 0 Å². The topological polar surface area (TPSA) is 0 Å². The number of rotatable bonds is 6. The smallest absolute Gasteiger partial charge is 0.0262 e. The van der Waals surface area contributed by atoms with Crippen LogP contribution in [0.3, 0.4) is 0 Å². The quantitative estimate of drug-likeness (QED) is 0.548. The van der Waals surface area contributed by atoms with Gasteiger partial charge in [0, 0.05) is 0 Å². The van der Waals surface area contributed by atoms with Gasteiger partial charge in [-0.2, -0.15) is 0 Å². The van der Waals surface area contributed by atoms with Crippen LogP contribution in [0.15, 0.2) is 85.1 Å². The summed E-state index contributed by atoms with van der Waals surface area (Å²) < 4.78 is 0. The van der Waals surface area contributed by atoms with Crippen molar-refractivity contribution in [3.05, 3.63) is 85.1 Å². The molecule has 0 aliphatic rings. The molecule has 0 aliphatic heterocycles. The Bertz CT molecular complexity index is 346. The van der Waals surface area contributed by atoms with Gasteiger partial charge in [0.15, 0.2) is 0 Å². The van der Waals surface area contributed by atoms with E-state index >= 15 is 0 Å². The van der Waals surface area contributed by atoms with E-state index in [1.165, 1.54) is 0 Å². The molecule has 0 aromatic rings. The fraction of sp³-hybridized carbons (Fsp3) is 0.125. The molecule has 0 amide bonds. The molecule has 0 saturated heterocycles. The summed E-state index contributed by atoms with van der Waals surface area (Å²) in [5.74, 6) is 0. The van der Waals surface area contributed by atoms with Crippen molar-refractivity contribution in [1.29, 1.82) is 0 Å². The normalized spacial score (nSPS) is 11.4. The van der Waals surface area contributed by atoms with Crippen LogP contribution in [0, 0.1) is 0 Å². The second-order valence-corrected chi connectivity index (χ2v) is 3.43. The zero-order valence-corrected chi connectivity index (χ0v) is 10.3. The largest absolute Gasteiger partial charge is 0.0912 e. The van der Waals surface area contributed by atoms with E-state index in [4.69, 9.17) is 0 Å². The highest BCUT2D eigenvalue weighted by atomic mass is 14.0. The van der Waals surface area contributed by atoms with E-state index in [0.717, 1.165) is 22.3 Å². The molecule has 84 valence electrons. The van der Waals surface area contributed by atoms with Crippen LogP contribution in [-0.4, -0.2) is 0 Å². The summed E-state index contributed by atoms with van der Waals surface area (Å²) in [5.41, 5.74) is 3.58. The van der Waals surface area contributed by atoms with E-state index in [-0.39, 0.29) is 0 Å². The summed E-state index contributed by atoms with van der Waals surface area (Å²) in [5, 5.41) is 0. The van der Waals surface area contributed by atoms with Crippen LogP contribution < -0.4 is 0 Å². The summed E-state index contributed by atoms with van der Waals surface area (Å²) in [4.78, 5) is 0. The first kappa shape index (κ1) is 14.2. The minimum Gasteiger partial charge on any atom is -0.0912 e. The molecule has 0 spiro atoms. The highest BCUT2D eigenvalue weighted by molar-refractivity contribution is 5.48. The van der Waals surface area contributed by atoms with Crippen molar-refractivity contribution in [2.24, 2.45) is 0 Å². The molecular formula is C16H20. The maximum Gasteiger partial charge on any atom is -0.0262 e. The van der Waals surface area contributed by atoms with Gasteiger partial charge in [-0.25, -0.2) is 0 Å². The molecule has 0 fully saturated rings. The van der Waals surface area contributed by atoms with Crippen molar-refractivity contribution in [2.75, 3.05) is 0 Å². The average Bonchev–Trinajstić information content (AvgIpc) is 2.25. The molecule has 0 N–H and O–H groups in total. The number of hydrogen-bond donors (Lipinski definition) is 0. The second-order valence-electron chi connectivity index (χ2n) is 3.43. The first-order valence-electron chi connectivity index (χ1n) is 5.22. The fourth-order valence-electron chi connectivity index (χ4n) is 1.03. The molecule has 0 radical (unpaired) electrons. The first-order valence-corrected chi connectivity index (χ1v) is 5.22. The van der Waals surface area contributed by atoms with Gasteiger partial charge in [-0.15, -0.1) is 0 Å². The zero-order chi connectivity index (χ0) is 12.6. The van der Waals surface area contributed by atoms with E-state index in [2.05, 4.69) is 26.3 Å². The molecule has 0 atom stereocenters. The monoisotopic (exact) mass is 212 g/mol. The van der Waals surface area contributed by atoms with Crippen molar-refractivity contribution in [3.8, 4) is 0 Å². The average molecular weight is 212 g/mol. The molecule has 0 aromatic carbocycles. The van der Waals surface area contributed by atoms with Gasteiger partial charge in [-0.3, -0.25) is 0 Å². The van der Waals surface area contributed by atoms with Gasteiger partial charge >= 0.3 is 0 Å². The van der Waals surface area contributed by atoms with Crippen LogP contribution in [0.1, 0.15) is 13.8 Å². The van der Waals surface area contributed by atoms with E-state index in [1.807, 2.05) is 50.3 Å². The number of allylic oxidation sites excluding steroid dienone is 10. The minimum absolute atomic E-state index is 0.882. The predicted molar refractivity (Wildman–Crippen MR) is 75.3 cm³/mol. The summed E-state index contributed by atoms with van der Waals surface area (Å²) in [6, 6.07) is 0. The molecular weight excluding hydrogens is 192 g/mol. The van der Waals surface area contributed by atoms with Crippen LogP contribution in [0.5, 0.6) is 0 Å². The summed E-state index contributed by atoms with van der Waals surface area (Å²) in [6.07, 6.45) is 11.5. The van der Waals surface area contributed by atoms with E-state index in [0.29, 0.717) is 0 Å². The van der Waals surface area contributed by atoms with Crippen molar-refractivity contribution < 1.29 is 0 Å². The number of hydrogen-bond acceptors (Lipinski definition) is 0. The molecule has 0 bridgehead atoms. The molecule has 0 aliphatic carbocycles. The van der Waals surface area contributed by atoms with Crippen molar-refractivity contribution >= 4 is 0 Å². The molecule has 0 unspecified atom stereocenters. The Labute approximate surface area is 99.4 Å². The first-order chi connectivity index (χ1) is 7.52. The van der Waals surface area contributed by atoms with Gasteiger partial charge in [0.1, 0.15) is 0 Å². The second kappa shape index (κ2) is 7.47. The lowest BCUT2D eigenvalue weighted by atomic mass is 10.0. The maximum absolute atomic E-state index is 3.92. The Morgan fingerprint density at radius 2 is 0.812 bits per heavy atom. The maximum atomic E-state index is 3.92. The third kappa shape index (κ3) is 5.16. The van der Waals surface area contributed by atoms with E-state index in [1.54, 1.807) is 0 Å². The highest BCUT2D eigenvalue weighted by Gasteiger charge is 1.93. The summed E-state index contributed by atoms with van der Waals surface area (Å²) in [7, 11) is 0. The standard InChI is InChI=1S/C16H20/c1-7-9-13(3)15(5)11-12-16(6)14(4)10-8-2/h7-12H,3-6H2,1-2H3. The van der Waals surface area contributed by atoms with Crippen LogP contribution >= 0.6 is 0 Å². The molecule has 0 aromatic heterocycles. The Balaban J connectivity index is 4.51. The summed E-state index contributed by atoms with van der Waals surface area (Å²) in [6.45, 7) is 19.6. The van der Waals surface area contributed by atoms with Gasteiger partial charge in [-0.05, 0) is 36.1 Å². The van der Waals surface area contributed by atoms with Crippen molar-refractivity contribution in [1.82, 2.24) is 0 Å². The van der Waals surface area contributed by atoms with E-state index < -0.39 is 0 Å². The van der Waals surface area contributed by atoms with Gasteiger partial charge in [0.2, 0.25) is 0 Å². The Morgan fingerprint density at radius 3 is 1.06 bits per heavy atom. The molecule has 0 nitrogen and oxygen atoms in total. The lowest BCUT2D eigenvalue weighted by molar-refractivity contribution is 1.53. The Kier molecular flexibility index (Phi) is 6.62. The molecule has 0 saturated carbocycles. The zero-order valence-electron chi connectivity index (χ0n) is 10.3. The predicted octanol–water partition coefficient (Wildman–Crippen LogP) is 4.92. The van der Waals surface area contributed by atoms with E-state index in [9.17, 15) is 0 Å².